The number of hydrogen-bond acceptors (Lipinski definition) is 5. The van der Waals surface area contributed by atoms with Crippen molar-refractivity contribution in [3.8, 4) is 0 Å². The Balaban J connectivity index is 0.00000200. The summed E-state index contributed by atoms with van der Waals surface area (Å²) in [5.41, 5.74) is 6.74. The molecule has 21 heavy (non-hydrogen) atoms. The summed E-state index contributed by atoms with van der Waals surface area (Å²) < 4.78 is 0. The van der Waals surface area contributed by atoms with Crippen LogP contribution in [0.1, 0.15) is 51.1 Å². The highest BCUT2D eigenvalue weighted by molar-refractivity contribution is 5.85. The average Bonchev–Trinajstić information content (AvgIpc) is 2.64. The molecule has 0 spiro atoms. The minimum absolute atomic E-state index is 0. The van der Waals surface area contributed by atoms with E-state index >= 15 is 0 Å². The zero-order valence-corrected chi connectivity index (χ0v) is 14.4. The summed E-state index contributed by atoms with van der Waals surface area (Å²) in [4.78, 5) is 8.51. The monoisotopic (exact) mass is 335 g/mol. The normalized spacial score (nSPS) is 18.3. The highest BCUT2D eigenvalue weighted by atomic mass is 35.5. The third kappa shape index (κ3) is 6.68. The maximum Gasteiger partial charge on any atom is 0.222 e. The second-order valence-corrected chi connectivity index (χ2v) is 5.57. The van der Waals surface area contributed by atoms with Crippen molar-refractivity contribution in [1.29, 1.82) is 0 Å². The van der Waals surface area contributed by atoms with Gasteiger partial charge >= 0.3 is 0 Å². The molecular formula is C14H27Cl2N5. The molecule has 0 radical (unpaired) electrons. The van der Waals surface area contributed by atoms with Crippen LogP contribution in [-0.4, -0.2) is 29.1 Å². The Morgan fingerprint density at radius 3 is 2.76 bits per heavy atom. The molecule has 5 nitrogen and oxygen atoms in total. The van der Waals surface area contributed by atoms with Crippen LogP contribution in [-0.2, 0) is 0 Å². The lowest BCUT2D eigenvalue weighted by atomic mass is 10.1. The van der Waals surface area contributed by atoms with E-state index in [2.05, 4.69) is 34.4 Å². The smallest absolute Gasteiger partial charge is 0.222 e. The molecule has 7 heteroatoms. The summed E-state index contributed by atoms with van der Waals surface area (Å²) in [5, 5.41) is 6.95. The number of hydrogen-bond donors (Lipinski definition) is 3. The van der Waals surface area contributed by atoms with Crippen molar-refractivity contribution in [2.24, 2.45) is 0 Å². The molecule has 2 heterocycles. The molecule has 2 rings (SSSR count). The molecule has 0 aliphatic carbocycles. The number of nitrogens with one attached hydrogen (secondary N) is 2. The van der Waals surface area contributed by atoms with E-state index in [0.29, 0.717) is 17.9 Å². The van der Waals surface area contributed by atoms with Gasteiger partial charge in [0.15, 0.2) is 0 Å². The van der Waals surface area contributed by atoms with Gasteiger partial charge in [0.05, 0.1) is 5.69 Å². The van der Waals surface area contributed by atoms with E-state index in [-0.39, 0.29) is 24.8 Å². The van der Waals surface area contributed by atoms with Crippen LogP contribution >= 0.6 is 24.8 Å². The van der Waals surface area contributed by atoms with Crippen molar-refractivity contribution in [3.63, 3.8) is 0 Å². The number of nitrogens with zero attached hydrogens (tertiary/aromatic N) is 2. The first kappa shape index (κ1) is 20.2. The van der Waals surface area contributed by atoms with E-state index in [1.807, 2.05) is 6.07 Å². The first-order valence-corrected chi connectivity index (χ1v) is 7.27. The van der Waals surface area contributed by atoms with E-state index in [0.717, 1.165) is 24.6 Å². The van der Waals surface area contributed by atoms with Gasteiger partial charge in [-0.15, -0.1) is 24.8 Å². The van der Waals surface area contributed by atoms with Gasteiger partial charge < -0.3 is 16.4 Å². The second kappa shape index (κ2) is 10.0. The molecule has 0 aromatic carbocycles. The fourth-order valence-electron chi connectivity index (χ4n) is 2.37. The van der Waals surface area contributed by atoms with Gasteiger partial charge in [-0.1, -0.05) is 26.7 Å². The largest absolute Gasteiger partial charge is 0.368 e. The number of anilines is 2. The van der Waals surface area contributed by atoms with Gasteiger partial charge in [0.2, 0.25) is 5.95 Å². The fraction of sp³-hybridized carbons (Fsp3) is 0.714. The predicted molar refractivity (Wildman–Crippen MR) is 93.8 cm³/mol. The molecule has 1 aromatic rings. The molecule has 1 fully saturated rings. The van der Waals surface area contributed by atoms with Crippen molar-refractivity contribution < 1.29 is 0 Å². The summed E-state index contributed by atoms with van der Waals surface area (Å²) in [5.74, 6) is 1.55. The standard InChI is InChI=1S/C14H25N5.2ClH/c1-10(2)12-8-13(19-14(15)18-12)17-9-11-6-4-3-5-7-16-11;;/h8,10-11,16H,3-7,9H2,1-2H3,(H3,15,17,18,19);2*1H. The van der Waals surface area contributed by atoms with Gasteiger partial charge in [0, 0.05) is 18.7 Å². The first-order valence-electron chi connectivity index (χ1n) is 7.27. The number of rotatable bonds is 4. The molecule has 1 aliphatic rings. The first-order chi connectivity index (χ1) is 9.15. The molecule has 122 valence electrons. The third-order valence-electron chi connectivity index (χ3n) is 3.55. The van der Waals surface area contributed by atoms with Crippen LogP contribution in [0.3, 0.4) is 0 Å². The van der Waals surface area contributed by atoms with Gasteiger partial charge in [-0.2, -0.15) is 4.98 Å². The van der Waals surface area contributed by atoms with Gasteiger partial charge in [0.1, 0.15) is 5.82 Å². The molecule has 1 atom stereocenters. The molecule has 1 aliphatic heterocycles. The summed E-state index contributed by atoms with van der Waals surface area (Å²) in [6, 6.07) is 2.53. The van der Waals surface area contributed by atoms with Crippen molar-refractivity contribution in [2.75, 3.05) is 24.1 Å². The number of aromatic nitrogens is 2. The zero-order chi connectivity index (χ0) is 13.7. The van der Waals surface area contributed by atoms with Crippen LogP contribution in [0.2, 0.25) is 0 Å². The van der Waals surface area contributed by atoms with Gasteiger partial charge in [-0.05, 0) is 25.3 Å². The molecule has 1 unspecified atom stereocenters. The maximum absolute atomic E-state index is 5.75. The maximum atomic E-state index is 5.75. The number of halogens is 2. The van der Waals surface area contributed by atoms with Crippen molar-refractivity contribution in [2.45, 2.75) is 51.5 Å². The Bertz CT molecular complexity index is 406. The average molecular weight is 336 g/mol. The molecule has 1 saturated heterocycles. The topological polar surface area (TPSA) is 75.9 Å². The van der Waals surface area contributed by atoms with E-state index in [1.165, 1.54) is 25.7 Å². The van der Waals surface area contributed by atoms with E-state index in [1.54, 1.807) is 0 Å². The van der Waals surface area contributed by atoms with Crippen LogP contribution in [0, 0.1) is 0 Å². The van der Waals surface area contributed by atoms with Crippen LogP contribution < -0.4 is 16.4 Å². The molecule has 4 N–H and O–H groups in total. The van der Waals surface area contributed by atoms with Crippen molar-refractivity contribution in [3.05, 3.63) is 11.8 Å². The highest BCUT2D eigenvalue weighted by Gasteiger charge is 2.12. The van der Waals surface area contributed by atoms with Crippen LogP contribution in [0.5, 0.6) is 0 Å². The van der Waals surface area contributed by atoms with Crippen molar-refractivity contribution >= 4 is 36.6 Å². The summed E-state index contributed by atoms with van der Waals surface area (Å²) in [6.07, 6.45) is 5.16. The molecular weight excluding hydrogens is 309 g/mol. The Morgan fingerprint density at radius 1 is 1.29 bits per heavy atom. The Kier molecular flexibility index (Phi) is 9.66. The van der Waals surface area contributed by atoms with Gasteiger partial charge in [0.25, 0.3) is 0 Å². The van der Waals surface area contributed by atoms with E-state index < -0.39 is 0 Å². The lowest BCUT2D eigenvalue weighted by Gasteiger charge is -2.17. The lowest BCUT2D eigenvalue weighted by Crippen LogP contribution is -2.34. The minimum Gasteiger partial charge on any atom is -0.368 e. The Morgan fingerprint density at radius 2 is 2.05 bits per heavy atom. The summed E-state index contributed by atoms with van der Waals surface area (Å²) in [6.45, 7) is 6.24. The Labute approximate surface area is 139 Å². The Hall–Kier alpha value is -0.780. The molecule has 0 bridgehead atoms. The predicted octanol–water partition coefficient (Wildman–Crippen LogP) is 2.97. The second-order valence-electron chi connectivity index (χ2n) is 5.57. The highest BCUT2D eigenvalue weighted by Crippen LogP contribution is 2.17. The molecule has 0 saturated carbocycles. The van der Waals surface area contributed by atoms with E-state index in [4.69, 9.17) is 5.73 Å². The SMILES string of the molecule is CC(C)c1cc(NCC2CCCCCN2)nc(N)n1.Cl.Cl. The number of nitrogen functional groups attached to an aromatic ring is 1. The van der Waals surface area contributed by atoms with E-state index in [9.17, 15) is 0 Å². The third-order valence-corrected chi connectivity index (χ3v) is 3.55. The summed E-state index contributed by atoms with van der Waals surface area (Å²) >= 11 is 0. The fourth-order valence-corrected chi connectivity index (χ4v) is 2.37. The quantitative estimate of drug-likeness (QED) is 0.788. The van der Waals surface area contributed by atoms with Gasteiger partial charge in [-0.3, -0.25) is 0 Å². The summed E-state index contributed by atoms with van der Waals surface area (Å²) in [7, 11) is 0. The zero-order valence-electron chi connectivity index (χ0n) is 12.8. The molecule has 0 amide bonds. The number of nitrogens with two attached hydrogens (primary N) is 1. The lowest BCUT2D eigenvalue weighted by molar-refractivity contribution is 0.530. The minimum atomic E-state index is 0. The van der Waals surface area contributed by atoms with Gasteiger partial charge in [-0.25, -0.2) is 4.98 Å². The van der Waals surface area contributed by atoms with Crippen LogP contribution in [0.15, 0.2) is 6.07 Å². The van der Waals surface area contributed by atoms with Crippen LogP contribution in [0.25, 0.3) is 0 Å². The van der Waals surface area contributed by atoms with Crippen LogP contribution in [0.4, 0.5) is 11.8 Å². The molecule has 1 aromatic heterocycles. The van der Waals surface area contributed by atoms with Crippen molar-refractivity contribution in [1.82, 2.24) is 15.3 Å².